The van der Waals surface area contributed by atoms with Gasteiger partial charge in [0.15, 0.2) is 0 Å². The highest BCUT2D eigenvalue weighted by atomic mass is 79.9. The Balaban J connectivity index is 2.37. The van der Waals surface area contributed by atoms with Crippen molar-refractivity contribution in [2.24, 2.45) is 0 Å². The zero-order valence-electron chi connectivity index (χ0n) is 14.7. The van der Waals surface area contributed by atoms with Crippen molar-refractivity contribution in [3.05, 3.63) is 52.0 Å². The van der Waals surface area contributed by atoms with Gasteiger partial charge in [-0.25, -0.2) is 0 Å². The molecule has 0 fully saturated rings. The van der Waals surface area contributed by atoms with Crippen LogP contribution in [0.3, 0.4) is 0 Å². The van der Waals surface area contributed by atoms with E-state index in [4.69, 9.17) is 15.2 Å². The van der Waals surface area contributed by atoms with E-state index in [2.05, 4.69) is 15.9 Å². The van der Waals surface area contributed by atoms with Crippen molar-refractivity contribution in [3.63, 3.8) is 0 Å². The van der Waals surface area contributed by atoms with Crippen LogP contribution in [0.1, 0.15) is 15.9 Å². The minimum atomic E-state index is -0.203. The molecule has 0 aromatic heterocycles. The summed E-state index contributed by atoms with van der Waals surface area (Å²) in [5, 5.41) is 0. The molecule has 0 saturated carbocycles. The summed E-state index contributed by atoms with van der Waals surface area (Å²) in [4.78, 5) is 14.7. The lowest BCUT2D eigenvalue weighted by Crippen LogP contribution is -2.11. The number of allylic oxidation sites excluding steroid dienone is 1. The third-order valence-electron chi connectivity index (χ3n) is 3.69. The van der Waals surface area contributed by atoms with E-state index >= 15 is 0 Å². The Morgan fingerprint density at radius 2 is 1.84 bits per heavy atom. The van der Waals surface area contributed by atoms with Gasteiger partial charge < -0.3 is 20.1 Å². The average molecular weight is 405 g/mol. The molecule has 0 unspecified atom stereocenters. The van der Waals surface area contributed by atoms with Crippen molar-refractivity contribution >= 4 is 39.2 Å². The molecule has 0 atom stereocenters. The lowest BCUT2D eigenvalue weighted by molar-refractivity contribution is 0.104. The molecule has 5 nitrogen and oxygen atoms in total. The van der Waals surface area contributed by atoms with Crippen molar-refractivity contribution in [1.29, 1.82) is 0 Å². The molecule has 25 heavy (non-hydrogen) atoms. The quantitative estimate of drug-likeness (QED) is 0.448. The van der Waals surface area contributed by atoms with Crippen molar-refractivity contribution in [2.75, 3.05) is 38.9 Å². The van der Waals surface area contributed by atoms with Gasteiger partial charge in [0.25, 0.3) is 0 Å². The summed E-state index contributed by atoms with van der Waals surface area (Å²) in [6.45, 7) is 0. The fraction of sp³-hybridized carbons (Fsp3) is 0.211. The number of halogens is 1. The topological polar surface area (TPSA) is 64.8 Å². The minimum absolute atomic E-state index is 0.203. The largest absolute Gasteiger partial charge is 0.497 e. The van der Waals surface area contributed by atoms with Crippen molar-refractivity contribution in [1.82, 2.24) is 0 Å². The lowest BCUT2D eigenvalue weighted by Gasteiger charge is -2.15. The van der Waals surface area contributed by atoms with Crippen molar-refractivity contribution in [3.8, 4) is 11.5 Å². The lowest BCUT2D eigenvalue weighted by atomic mass is 10.1. The summed E-state index contributed by atoms with van der Waals surface area (Å²) in [7, 11) is 6.93. The minimum Gasteiger partial charge on any atom is -0.497 e. The van der Waals surface area contributed by atoms with E-state index in [0.29, 0.717) is 27.2 Å². The third-order valence-corrected chi connectivity index (χ3v) is 4.28. The fourth-order valence-corrected chi connectivity index (χ4v) is 2.88. The normalized spacial score (nSPS) is 11.2. The number of carbonyl (C=O) groups excluding carboxylic acids is 1. The summed E-state index contributed by atoms with van der Waals surface area (Å²) < 4.78 is 10.9. The first-order chi connectivity index (χ1) is 11.9. The van der Waals surface area contributed by atoms with E-state index in [1.54, 1.807) is 31.4 Å². The first kappa shape index (κ1) is 18.9. The number of nitrogen functional groups attached to an aromatic ring is 1. The van der Waals surface area contributed by atoms with Gasteiger partial charge in [0.05, 0.1) is 35.6 Å². The number of carbonyl (C=O) groups is 1. The zero-order chi connectivity index (χ0) is 18.6. The highest BCUT2D eigenvalue weighted by Crippen LogP contribution is 2.29. The van der Waals surface area contributed by atoms with Gasteiger partial charge in [0, 0.05) is 14.1 Å². The van der Waals surface area contributed by atoms with Crippen LogP contribution in [0.2, 0.25) is 0 Å². The number of ketones is 1. The molecule has 0 heterocycles. The molecule has 0 bridgehead atoms. The molecule has 0 spiro atoms. The second-order valence-electron chi connectivity index (χ2n) is 5.60. The Morgan fingerprint density at radius 1 is 1.12 bits per heavy atom. The number of Topliss-reactive ketones (excluding diaryl/α,β-unsaturated/α-hetero) is 1. The van der Waals surface area contributed by atoms with E-state index < -0.39 is 0 Å². The van der Waals surface area contributed by atoms with E-state index in [1.165, 1.54) is 7.11 Å². The van der Waals surface area contributed by atoms with Crippen LogP contribution >= 0.6 is 15.9 Å². The maximum Gasteiger partial charge on any atom is 0.203 e. The van der Waals surface area contributed by atoms with Gasteiger partial charge in [-0.05, 0) is 57.9 Å². The predicted molar refractivity (Wildman–Crippen MR) is 106 cm³/mol. The van der Waals surface area contributed by atoms with E-state index in [9.17, 15) is 4.79 Å². The Kier molecular flexibility index (Phi) is 6.09. The van der Waals surface area contributed by atoms with Gasteiger partial charge in [-0.15, -0.1) is 0 Å². The van der Waals surface area contributed by atoms with Crippen molar-refractivity contribution in [2.45, 2.75) is 0 Å². The number of methoxy groups -OCH3 is 2. The van der Waals surface area contributed by atoms with Crippen LogP contribution in [-0.2, 0) is 0 Å². The Morgan fingerprint density at radius 3 is 2.40 bits per heavy atom. The van der Waals surface area contributed by atoms with Crippen LogP contribution in [0, 0.1) is 0 Å². The van der Waals surface area contributed by atoms with Crippen LogP contribution in [-0.4, -0.2) is 34.1 Å². The highest BCUT2D eigenvalue weighted by Gasteiger charge is 2.16. The molecule has 132 valence electrons. The summed E-state index contributed by atoms with van der Waals surface area (Å²) in [5.41, 5.74) is 8.87. The average Bonchev–Trinajstić information content (AvgIpc) is 2.60. The molecule has 0 amide bonds. The van der Waals surface area contributed by atoms with Crippen LogP contribution in [0.15, 0.2) is 40.9 Å². The number of hydrogen-bond acceptors (Lipinski definition) is 5. The molecule has 0 radical (unpaired) electrons. The first-order valence-electron chi connectivity index (χ1n) is 7.58. The number of benzene rings is 2. The number of anilines is 2. The summed E-state index contributed by atoms with van der Waals surface area (Å²) in [5.74, 6) is 0.869. The number of nitrogens with zero attached hydrogens (tertiary/aromatic N) is 1. The molecule has 2 N–H and O–H groups in total. The molecule has 2 aromatic carbocycles. The first-order valence-corrected chi connectivity index (χ1v) is 8.37. The van der Waals surface area contributed by atoms with Crippen LogP contribution in [0.5, 0.6) is 11.5 Å². The van der Waals surface area contributed by atoms with E-state index in [0.717, 1.165) is 11.3 Å². The maximum atomic E-state index is 12.8. The zero-order valence-corrected chi connectivity index (χ0v) is 16.3. The second kappa shape index (κ2) is 8.07. The second-order valence-corrected chi connectivity index (χ2v) is 6.45. The smallest absolute Gasteiger partial charge is 0.203 e. The molecule has 0 aliphatic rings. The fourth-order valence-electron chi connectivity index (χ4n) is 2.40. The monoisotopic (exact) mass is 404 g/mol. The summed E-state index contributed by atoms with van der Waals surface area (Å²) >= 11 is 3.36. The van der Waals surface area contributed by atoms with E-state index in [1.807, 2.05) is 37.2 Å². The molecule has 0 aliphatic heterocycles. The SMILES string of the molecule is COc1ccc(OC)c(C(=O)C(Br)=Cc2ccc(N(C)C)c(N)c2)c1. The molecule has 2 aromatic rings. The van der Waals surface area contributed by atoms with Crippen LogP contribution in [0.25, 0.3) is 6.08 Å². The van der Waals surface area contributed by atoms with E-state index in [-0.39, 0.29) is 5.78 Å². The van der Waals surface area contributed by atoms with Gasteiger partial charge in [-0.3, -0.25) is 4.79 Å². The molecule has 0 aliphatic carbocycles. The summed E-state index contributed by atoms with van der Waals surface area (Å²) in [6.07, 6.45) is 1.73. The van der Waals surface area contributed by atoms with Crippen LogP contribution in [0.4, 0.5) is 11.4 Å². The number of hydrogen-bond donors (Lipinski definition) is 1. The van der Waals surface area contributed by atoms with Gasteiger partial charge >= 0.3 is 0 Å². The Labute approximate surface area is 156 Å². The number of ether oxygens (including phenoxy) is 2. The summed E-state index contributed by atoms with van der Waals surface area (Å²) in [6, 6.07) is 10.7. The molecule has 2 rings (SSSR count). The molecular formula is C19H21BrN2O3. The standard InChI is InChI=1S/C19H21BrN2O3/c1-22(2)17-7-5-12(10-16(17)21)9-15(20)19(23)14-11-13(24-3)6-8-18(14)25-4/h5-11H,21H2,1-4H3. The number of nitrogens with two attached hydrogens (primary N) is 1. The van der Waals surface area contributed by atoms with Gasteiger partial charge in [-0.1, -0.05) is 6.07 Å². The third kappa shape index (κ3) is 4.33. The van der Waals surface area contributed by atoms with Crippen molar-refractivity contribution < 1.29 is 14.3 Å². The Bertz CT molecular complexity index is 816. The van der Waals surface area contributed by atoms with Crippen LogP contribution < -0.4 is 20.1 Å². The van der Waals surface area contributed by atoms with Gasteiger partial charge in [0.1, 0.15) is 11.5 Å². The number of rotatable bonds is 6. The molecule has 0 saturated heterocycles. The van der Waals surface area contributed by atoms with Gasteiger partial charge in [-0.2, -0.15) is 0 Å². The maximum absolute atomic E-state index is 12.8. The highest BCUT2D eigenvalue weighted by molar-refractivity contribution is 9.12. The molecule has 6 heteroatoms. The Hall–Kier alpha value is -2.47. The molecular weight excluding hydrogens is 384 g/mol. The van der Waals surface area contributed by atoms with Gasteiger partial charge in [0.2, 0.25) is 5.78 Å². The predicted octanol–water partition coefficient (Wildman–Crippen LogP) is 3.97.